The van der Waals surface area contributed by atoms with Gasteiger partial charge in [-0.3, -0.25) is 0 Å². The molecule has 0 saturated carbocycles. The highest BCUT2D eigenvalue weighted by atomic mass is 35.5. The molecule has 84 valence electrons. The van der Waals surface area contributed by atoms with Crippen molar-refractivity contribution < 1.29 is 4.74 Å². The van der Waals surface area contributed by atoms with Crippen LogP contribution >= 0.6 is 23.2 Å². The average Bonchev–Trinajstić information content (AvgIpc) is 2.17. The van der Waals surface area contributed by atoms with Gasteiger partial charge in [0.15, 0.2) is 11.0 Å². The zero-order chi connectivity index (χ0) is 11.3. The molecular weight excluding hydrogens is 239 g/mol. The van der Waals surface area contributed by atoms with E-state index in [1.165, 1.54) is 0 Å². The van der Waals surface area contributed by atoms with Gasteiger partial charge in [-0.25, -0.2) is 0 Å². The van der Waals surface area contributed by atoms with E-state index >= 15 is 0 Å². The van der Waals surface area contributed by atoms with Gasteiger partial charge in [0, 0.05) is 6.54 Å². The van der Waals surface area contributed by atoms with Gasteiger partial charge in [-0.2, -0.15) is 4.98 Å². The van der Waals surface area contributed by atoms with E-state index in [2.05, 4.69) is 20.5 Å². The first-order valence-electron chi connectivity index (χ1n) is 4.51. The van der Waals surface area contributed by atoms with Gasteiger partial charge in [-0.1, -0.05) is 11.6 Å². The molecule has 7 heteroatoms. The number of rotatable bonds is 5. The second-order valence-electron chi connectivity index (χ2n) is 3.07. The smallest absolute Gasteiger partial charge is 0.245 e. The molecule has 1 rings (SSSR count). The molecule has 0 aliphatic heterocycles. The molecule has 0 fully saturated rings. The Bertz CT molecular complexity index is 322. The van der Waals surface area contributed by atoms with Crippen molar-refractivity contribution in [3.8, 4) is 0 Å². The van der Waals surface area contributed by atoms with Crippen LogP contribution < -0.4 is 5.32 Å². The van der Waals surface area contributed by atoms with Crippen LogP contribution in [-0.4, -0.2) is 34.4 Å². The standard InChI is InChI=1S/C8H12Cl2N4O/c1-5(2)15-4-3-11-7-6(9)13-14-8(10)12-7/h5H,3-4H2,1-2H3,(H,11,12,14). The van der Waals surface area contributed by atoms with E-state index in [9.17, 15) is 0 Å². The summed E-state index contributed by atoms with van der Waals surface area (Å²) in [6.07, 6.45) is 0.203. The number of nitrogens with one attached hydrogen (secondary N) is 1. The number of nitrogens with zero attached hydrogens (tertiary/aromatic N) is 3. The molecule has 15 heavy (non-hydrogen) atoms. The van der Waals surface area contributed by atoms with Crippen LogP contribution in [0, 0.1) is 0 Å². The number of anilines is 1. The summed E-state index contributed by atoms with van der Waals surface area (Å²) in [7, 11) is 0. The molecule has 5 nitrogen and oxygen atoms in total. The zero-order valence-electron chi connectivity index (χ0n) is 8.50. The minimum absolute atomic E-state index is 0.0617. The number of halogens is 2. The first-order valence-corrected chi connectivity index (χ1v) is 5.26. The van der Waals surface area contributed by atoms with Gasteiger partial charge in [0.25, 0.3) is 0 Å². The Morgan fingerprint density at radius 3 is 2.73 bits per heavy atom. The molecule has 0 aromatic carbocycles. The van der Waals surface area contributed by atoms with E-state index in [-0.39, 0.29) is 16.5 Å². The molecule has 0 amide bonds. The van der Waals surface area contributed by atoms with Gasteiger partial charge in [0.05, 0.1) is 12.7 Å². The Morgan fingerprint density at radius 1 is 1.33 bits per heavy atom. The third-order valence-electron chi connectivity index (χ3n) is 1.47. The maximum absolute atomic E-state index is 5.74. The zero-order valence-corrected chi connectivity index (χ0v) is 10.0. The van der Waals surface area contributed by atoms with Gasteiger partial charge in [-0.15, -0.1) is 10.2 Å². The van der Waals surface area contributed by atoms with Crippen molar-refractivity contribution in [2.75, 3.05) is 18.5 Å². The van der Waals surface area contributed by atoms with E-state index in [1.54, 1.807) is 0 Å². The third kappa shape index (κ3) is 4.59. The van der Waals surface area contributed by atoms with E-state index in [4.69, 9.17) is 27.9 Å². The maximum atomic E-state index is 5.74. The highest BCUT2D eigenvalue weighted by Crippen LogP contribution is 2.15. The van der Waals surface area contributed by atoms with Crippen LogP contribution in [-0.2, 0) is 4.74 Å². The largest absolute Gasteiger partial charge is 0.377 e. The van der Waals surface area contributed by atoms with Gasteiger partial charge in [0.2, 0.25) is 5.28 Å². The first kappa shape index (κ1) is 12.4. The van der Waals surface area contributed by atoms with Gasteiger partial charge >= 0.3 is 0 Å². The Labute approximate surface area is 98.2 Å². The normalized spacial score (nSPS) is 10.7. The Hall–Kier alpha value is -0.650. The molecule has 0 spiro atoms. The van der Waals surface area contributed by atoms with Gasteiger partial charge in [-0.05, 0) is 25.4 Å². The highest BCUT2D eigenvalue weighted by Gasteiger charge is 2.04. The van der Waals surface area contributed by atoms with Crippen LogP contribution in [0.1, 0.15) is 13.8 Å². The van der Waals surface area contributed by atoms with Crippen molar-refractivity contribution in [1.29, 1.82) is 0 Å². The van der Waals surface area contributed by atoms with E-state index < -0.39 is 0 Å². The fraction of sp³-hybridized carbons (Fsp3) is 0.625. The Balaban J connectivity index is 2.40. The van der Waals surface area contributed by atoms with Crippen molar-refractivity contribution >= 4 is 29.0 Å². The van der Waals surface area contributed by atoms with Crippen LogP contribution in [0.15, 0.2) is 0 Å². The third-order valence-corrected chi connectivity index (χ3v) is 1.88. The molecule has 0 radical (unpaired) electrons. The molecule has 0 saturated heterocycles. The van der Waals surface area contributed by atoms with Gasteiger partial charge < -0.3 is 10.1 Å². The second-order valence-corrected chi connectivity index (χ2v) is 3.76. The lowest BCUT2D eigenvalue weighted by molar-refractivity contribution is 0.0870. The van der Waals surface area contributed by atoms with Crippen LogP contribution in [0.4, 0.5) is 5.82 Å². The summed E-state index contributed by atoms with van der Waals surface area (Å²) in [4.78, 5) is 3.88. The highest BCUT2D eigenvalue weighted by molar-refractivity contribution is 6.32. The van der Waals surface area contributed by atoms with Crippen LogP contribution in [0.5, 0.6) is 0 Å². The molecule has 1 N–H and O–H groups in total. The predicted octanol–water partition coefficient (Wildman–Crippen LogP) is 2.02. The average molecular weight is 251 g/mol. The van der Waals surface area contributed by atoms with Crippen molar-refractivity contribution in [2.24, 2.45) is 0 Å². The fourth-order valence-corrected chi connectivity index (χ4v) is 1.14. The van der Waals surface area contributed by atoms with E-state index in [0.29, 0.717) is 19.0 Å². The van der Waals surface area contributed by atoms with Crippen molar-refractivity contribution in [3.63, 3.8) is 0 Å². The Morgan fingerprint density at radius 2 is 2.07 bits per heavy atom. The second kappa shape index (κ2) is 6.05. The SMILES string of the molecule is CC(C)OCCNc1nc(Cl)nnc1Cl. The summed E-state index contributed by atoms with van der Waals surface area (Å²) in [5.74, 6) is 0.420. The molecule has 1 aromatic rings. The predicted molar refractivity (Wildman–Crippen MR) is 59.4 cm³/mol. The van der Waals surface area contributed by atoms with Crippen LogP contribution in [0.25, 0.3) is 0 Å². The monoisotopic (exact) mass is 250 g/mol. The molecule has 1 aromatic heterocycles. The summed E-state index contributed by atoms with van der Waals surface area (Å²) in [5.41, 5.74) is 0. The van der Waals surface area contributed by atoms with Crippen molar-refractivity contribution in [3.05, 3.63) is 10.4 Å². The fourth-order valence-electron chi connectivity index (χ4n) is 0.870. The van der Waals surface area contributed by atoms with E-state index in [1.807, 2.05) is 13.8 Å². The summed E-state index contributed by atoms with van der Waals surface area (Å²) in [6.45, 7) is 5.09. The molecule has 0 bridgehead atoms. The summed E-state index contributed by atoms with van der Waals surface area (Å²) >= 11 is 11.3. The first-order chi connectivity index (χ1) is 7.09. The number of hydrogen-bond acceptors (Lipinski definition) is 5. The van der Waals surface area contributed by atoms with Crippen molar-refractivity contribution in [1.82, 2.24) is 15.2 Å². The lowest BCUT2D eigenvalue weighted by Gasteiger charge is -2.09. The molecule has 0 atom stereocenters. The number of aromatic nitrogens is 3. The van der Waals surface area contributed by atoms with Crippen LogP contribution in [0.2, 0.25) is 10.4 Å². The van der Waals surface area contributed by atoms with Crippen molar-refractivity contribution in [2.45, 2.75) is 20.0 Å². The van der Waals surface area contributed by atoms with Gasteiger partial charge in [0.1, 0.15) is 0 Å². The summed E-state index contributed by atoms with van der Waals surface area (Å²) in [6, 6.07) is 0. The van der Waals surface area contributed by atoms with Crippen LogP contribution in [0.3, 0.4) is 0 Å². The lowest BCUT2D eigenvalue weighted by Crippen LogP contribution is -2.14. The topological polar surface area (TPSA) is 59.9 Å². The minimum Gasteiger partial charge on any atom is -0.377 e. The molecular formula is C8H12Cl2N4O. The quantitative estimate of drug-likeness (QED) is 0.811. The maximum Gasteiger partial charge on any atom is 0.245 e. The van der Waals surface area contributed by atoms with E-state index in [0.717, 1.165) is 0 Å². The lowest BCUT2D eigenvalue weighted by atomic mass is 10.5. The summed E-state index contributed by atoms with van der Waals surface area (Å²) < 4.78 is 5.33. The molecule has 0 unspecified atom stereocenters. The molecule has 1 heterocycles. The molecule has 0 aliphatic carbocycles. The minimum atomic E-state index is 0.0617. The number of ether oxygens (including phenoxy) is 1. The molecule has 0 aliphatic rings. The number of hydrogen-bond donors (Lipinski definition) is 1. The Kier molecular flexibility index (Phi) is 5.01. The summed E-state index contributed by atoms with van der Waals surface area (Å²) in [5, 5.41) is 10.3.